The summed E-state index contributed by atoms with van der Waals surface area (Å²) in [6, 6.07) is 0. The summed E-state index contributed by atoms with van der Waals surface area (Å²) in [5.41, 5.74) is 0.874. The molecule has 0 bridgehead atoms. The van der Waals surface area contributed by atoms with Gasteiger partial charge in [0.25, 0.3) is 0 Å². The highest BCUT2D eigenvalue weighted by atomic mass is 32.2. The van der Waals surface area contributed by atoms with Gasteiger partial charge in [-0.15, -0.1) is 0 Å². The number of ether oxygens (including phenoxy) is 5. The van der Waals surface area contributed by atoms with E-state index in [-0.39, 0.29) is 17.3 Å². The highest BCUT2D eigenvalue weighted by Gasteiger charge is 2.60. The quantitative estimate of drug-likeness (QED) is 0.0961. The van der Waals surface area contributed by atoms with Gasteiger partial charge in [0.1, 0.15) is 13.0 Å². The Morgan fingerprint density at radius 2 is 1.55 bits per heavy atom. The van der Waals surface area contributed by atoms with Crippen LogP contribution in [0.2, 0.25) is 0 Å². The second-order valence-electron chi connectivity index (χ2n) is 15.9. The van der Waals surface area contributed by atoms with Gasteiger partial charge in [0.15, 0.2) is 5.76 Å². The standard InChI is InChI=1S/C35H58NO11PS/c1-23(2)45-32(37)41-20-43-48(39,44-21-42-33(38)46-24(3)4)22-40-17-28-19-49(36-47-28)18-27-9-11-30-29-10-8-26-16-25(5)12-14-34(26,6)31(29)13-15-35(27,30)7/h19,23-27,29-31H,8-18,20-22H2,1-7H3/t25-,26?,27+,29-,30-,31?,34-,35+,49?/m0/s1. The van der Waals surface area contributed by atoms with Crippen molar-refractivity contribution in [1.82, 2.24) is 0 Å². The Balaban J connectivity index is 1.12. The first-order valence-electron chi connectivity index (χ1n) is 18.1. The maximum absolute atomic E-state index is 13.4. The first kappa shape index (κ1) is 38.6. The normalized spacial score (nSPS) is 35.4. The van der Waals surface area contributed by atoms with E-state index in [2.05, 4.69) is 25.3 Å². The monoisotopic (exact) mass is 731 g/mol. The molecule has 0 saturated heterocycles. The van der Waals surface area contributed by atoms with E-state index < -0.39 is 52.0 Å². The SMILES string of the molecule is CC(C)OC(=O)OCOP(=O)(COCC1=CS(C[C@H]2CC[C@H]3[C@@H]4CCC5C[C@@H](C)CC[C@]5(C)C4CC[C@]23C)=NO1)OCOC(=O)OC(C)C. The topological polar surface area (TPSA) is 137 Å². The number of carbonyl (C=O) groups is 2. The summed E-state index contributed by atoms with van der Waals surface area (Å²) < 4.78 is 53.4. The van der Waals surface area contributed by atoms with Crippen LogP contribution in [0.1, 0.15) is 106 Å². The van der Waals surface area contributed by atoms with Gasteiger partial charge in [0.2, 0.25) is 13.6 Å². The minimum Gasteiger partial charge on any atom is -0.432 e. The molecule has 14 heteroatoms. The number of hydrogen-bond donors (Lipinski definition) is 0. The van der Waals surface area contributed by atoms with Crippen LogP contribution in [0.15, 0.2) is 15.7 Å². The van der Waals surface area contributed by atoms with Crippen LogP contribution in [0.3, 0.4) is 0 Å². The lowest BCUT2D eigenvalue weighted by atomic mass is 9.44. The first-order chi connectivity index (χ1) is 23.2. The number of nitrogens with zero attached hydrogens (tertiary/aromatic N) is 1. The molecule has 0 aromatic rings. The molecule has 49 heavy (non-hydrogen) atoms. The third-order valence-corrected chi connectivity index (χ3v) is 15.1. The third kappa shape index (κ3) is 9.42. The fraction of sp³-hybridized carbons (Fsp3) is 0.886. The average Bonchev–Trinajstić information content (AvgIpc) is 3.60. The van der Waals surface area contributed by atoms with Gasteiger partial charge in [-0.25, -0.2) is 9.59 Å². The highest BCUT2D eigenvalue weighted by molar-refractivity contribution is 7.90. The highest BCUT2D eigenvalue weighted by Crippen LogP contribution is 2.67. The number of carbonyl (C=O) groups excluding carboxylic acids is 2. The summed E-state index contributed by atoms with van der Waals surface area (Å²) in [7, 11) is -4.44. The van der Waals surface area contributed by atoms with E-state index in [4.69, 9.17) is 37.6 Å². The van der Waals surface area contributed by atoms with Gasteiger partial charge in [0, 0.05) is 11.2 Å². The molecule has 3 unspecified atom stereocenters. The molecule has 4 aliphatic carbocycles. The lowest BCUT2D eigenvalue weighted by Gasteiger charge is -2.61. The Morgan fingerprint density at radius 3 is 2.20 bits per heavy atom. The van der Waals surface area contributed by atoms with E-state index >= 15 is 0 Å². The predicted molar refractivity (Wildman–Crippen MR) is 184 cm³/mol. The van der Waals surface area contributed by atoms with Crippen LogP contribution in [0.4, 0.5) is 9.59 Å². The molecule has 9 atom stereocenters. The van der Waals surface area contributed by atoms with E-state index in [9.17, 15) is 14.2 Å². The molecule has 5 aliphatic rings. The van der Waals surface area contributed by atoms with Crippen molar-refractivity contribution in [2.45, 2.75) is 118 Å². The zero-order valence-electron chi connectivity index (χ0n) is 30.4. The van der Waals surface area contributed by atoms with Crippen LogP contribution >= 0.6 is 7.60 Å². The van der Waals surface area contributed by atoms with Crippen molar-refractivity contribution in [2.75, 3.05) is 32.3 Å². The predicted octanol–water partition coefficient (Wildman–Crippen LogP) is 9.11. The van der Waals surface area contributed by atoms with Crippen LogP contribution in [-0.2, 0) is 52.8 Å². The van der Waals surface area contributed by atoms with Gasteiger partial charge in [0.05, 0.1) is 12.2 Å². The van der Waals surface area contributed by atoms with E-state index in [1.807, 2.05) is 5.41 Å². The molecule has 0 N–H and O–H groups in total. The van der Waals surface area contributed by atoms with Gasteiger partial charge < -0.3 is 28.5 Å². The van der Waals surface area contributed by atoms with Crippen molar-refractivity contribution in [3.63, 3.8) is 0 Å². The lowest BCUT2D eigenvalue weighted by molar-refractivity contribution is -0.115. The molecule has 0 amide bonds. The Hall–Kier alpha value is -1.66. The molecule has 1 heterocycles. The average molecular weight is 732 g/mol. The minimum atomic E-state index is -4.05. The van der Waals surface area contributed by atoms with Crippen LogP contribution in [-0.4, -0.2) is 56.8 Å². The molecular formula is C35H58NO11PS. The summed E-state index contributed by atoms with van der Waals surface area (Å²) in [5.74, 6) is 6.45. The molecule has 0 radical (unpaired) electrons. The Bertz CT molecular complexity index is 1260. The first-order valence-corrected chi connectivity index (χ1v) is 21.3. The summed E-state index contributed by atoms with van der Waals surface area (Å²) in [5, 5.41) is 2.01. The smallest absolute Gasteiger partial charge is 0.432 e. The van der Waals surface area contributed by atoms with Crippen LogP contribution < -0.4 is 0 Å². The van der Waals surface area contributed by atoms with Crippen LogP contribution in [0, 0.1) is 46.3 Å². The summed E-state index contributed by atoms with van der Waals surface area (Å²) >= 11 is 0. The third-order valence-electron chi connectivity index (χ3n) is 12.0. The molecule has 0 aromatic carbocycles. The number of hydrogen-bond acceptors (Lipinski definition) is 12. The zero-order chi connectivity index (χ0) is 35.4. The van der Waals surface area contributed by atoms with Crippen molar-refractivity contribution in [1.29, 1.82) is 0 Å². The van der Waals surface area contributed by atoms with Crippen LogP contribution in [0.5, 0.6) is 0 Å². The molecule has 1 aliphatic heterocycles. The molecule has 0 aromatic heterocycles. The molecule has 4 fully saturated rings. The summed E-state index contributed by atoms with van der Waals surface area (Å²) in [6.45, 7) is 12.8. The van der Waals surface area contributed by atoms with Gasteiger partial charge >= 0.3 is 19.9 Å². The van der Waals surface area contributed by atoms with Crippen molar-refractivity contribution in [3.05, 3.63) is 11.2 Å². The lowest BCUT2D eigenvalue weighted by Crippen LogP contribution is -2.53. The van der Waals surface area contributed by atoms with Gasteiger partial charge in [-0.1, -0.05) is 31.7 Å². The Morgan fingerprint density at radius 1 is 0.918 bits per heavy atom. The molecule has 5 rings (SSSR count). The van der Waals surface area contributed by atoms with Crippen LogP contribution in [0.25, 0.3) is 0 Å². The van der Waals surface area contributed by atoms with E-state index in [1.165, 1.54) is 57.8 Å². The minimum absolute atomic E-state index is 0.0110. The van der Waals surface area contributed by atoms with Crippen molar-refractivity contribution >= 4 is 30.6 Å². The molecule has 280 valence electrons. The van der Waals surface area contributed by atoms with E-state index in [0.29, 0.717) is 22.5 Å². The Kier molecular flexibility index (Phi) is 12.9. The van der Waals surface area contributed by atoms with E-state index in [0.717, 1.165) is 35.3 Å². The van der Waals surface area contributed by atoms with Gasteiger partial charge in [-0.3, -0.25) is 13.6 Å². The van der Waals surface area contributed by atoms with E-state index in [1.54, 1.807) is 27.7 Å². The van der Waals surface area contributed by atoms with Gasteiger partial charge in [-0.05, 0) is 136 Å². The fourth-order valence-corrected chi connectivity index (χ4v) is 12.4. The second kappa shape index (κ2) is 16.3. The summed E-state index contributed by atoms with van der Waals surface area (Å²) in [4.78, 5) is 29.1. The largest absolute Gasteiger partial charge is 0.510 e. The number of fused-ring (bicyclic) bond motifs is 5. The van der Waals surface area contributed by atoms with Crippen molar-refractivity contribution < 1.29 is 51.7 Å². The zero-order valence-corrected chi connectivity index (χ0v) is 32.1. The molecule has 4 saturated carbocycles. The second-order valence-corrected chi connectivity index (χ2v) is 19.4. The van der Waals surface area contributed by atoms with Crippen molar-refractivity contribution in [3.8, 4) is 0 Å². The molecule has 0 spiro atoms. The van der Waals surface area contributed by atoms with Crippen molar-refractivity contribution in [2.24, 2.45) is 50.9 Å². The maximum atomic E-state index is 13.4. The molecular weight excluding hydrogens is 673 g/mol. The fourth-order valence-electron chi connectivity index (χ4n) is 9.62. The van der Waals surface area contributed by atoms with Gasteiger partial charge in [-0.2, -0.15) is 0 Å². The molecule has 12 nitrogen and oxygen atoms in total. The number of rotatable bonds is 14. The summed E-state index contributed by atoms with van der Waals surface area (Å²) in [6.07, 6.45) is 8.99. The Labute approximate surface area is 294 Å². The maximum Gasteiger partial charge on any atom is 0.510 e.